The van der Waals surface area contributed by atoms with Crippen molar-refractivity contribution in [3.63, 3.8) is 0 Å². The van der Waals surface area contributed by atoms with Crippen LogP contribution in [0.1, 0.15) is 45.1 Å². The van der Waals surface area contributed by atoms with E-state index >= 15 is 0 Å². The molecular weight excluding hydrogens is 506 g/mol. The standard InChI is InChI=1S/C29H31NO9/c1-12-13(2)25(33)29(3)18(23(12)31)11-17-15(22(29)14-9-19(37-4)24(32)20(10-14)38-5)7-8-16-21(17)27(35)30(26(16)34)28(36)39-6/h7,9-10,16-18,21-22,32H,8,11H2,1-6H3/t16-,17+,18-,21-,22-,29+/m0/s1. The molecule has 6 atom stereocenters. The Bertz CT molecular complexity index is 1380. The minimum atomic E-state index is -1.21. The van der Waals surface area contributed by atoms with Gasteiger partial charge in [0.2, 0.25) is 17.6 Å². The molecule has 206 valence electrons. The van der Waals surface area contributed by atoms with E-state index in [2.05, 4.69) is 0 Å². The predicted octanol–water partition coefficient (Wildman–Crippen LogP) is 3.32. The van der Waals surface area contributed by atoms with Crippen LogP contribution in [-0.4, -0.2) is 60.8 Å². The number of ketones is 2. The maximum atomic E-state index is 14.1. The van der Waals surface area contributed by atoms with Crippen molar-refractivity contribution in [1.29, 1.82) is 0 Å². The number of phenols is 1. The topological polar surface area (TPSA) is 137 Å². The van der Waals surface area contributed by atoms with Crippen molar-refractivity contribution in [2.45, 2.75) is 39.5 Å². The Morgan fingerprint density at radius 3 is 2.15 bits per heavy atom. The Balaban J connectivity index is 1.75. The summed E-state index contributed by atoms with van der Waals surface area (Å²) in [5.74, 6) is -5.28. The van der Waals surface area contributed by atoms with Gasteiger partial charge in [-0.25, -0.2) is 4.79 Å². The van der Waals surface area contributed by atoms with E-state index in [1.165, 1.54) is 14.2 Å². The Morgan fingerprint density at radius 2 is 1.59 bits per heavy atom. The third-order valence-electron chi connectivity index (χ3n) is 9.36. The zero-order valence-electron chi connectivity index (χ0n) is 22.7. The highest BCUT2D eigenvalue weighted by Gasteiger charge is 2.64. The number of rotatable bonds is 3. The molecule has 5 rings (SSSR count). The number of hydrogen-bond acceptors (Lipinski definition) is 9. The molecule has 2 fully saturated rings. The van der Waals surface area contributed by atoms with Gasteiger partial charge in [0.15, 0.2) is 23.1 Å². The first kappa shape index (κ1) is 26.6. The number of carbonyl (C=O) groups excluding carboxylic acids is 5. The lowest BCUT2D eigenvalue weighted by Gasteiger charge is -2.54. The predicted molar refractivity (Wildman–Crippen MR) is 136 cm³/mol. The maximum absolute atomic E-state index is 14.1. The third-order valence-corrected chi connectivity index (χ3v) is 9.36. The monoisotopic (exact) mass is 537 g/mol. The van der Waals surface area contributed by atoms with Gasteiger partial charge in [0.1, 0.15) is 0 Å². The summed E-state index contributed by atoms with van der Waals surface area (Å²) < 4.78 is 15.5. The van der Waals surface area contributed by atoms with Gasteiger partial charge in [0.25, 0.3) is 0 Å². The van der Waals surface area contributed by atoms with Crippen molar-refractivity contribution in [3.8, 4) is 17.2 Å². The molecule has 1 aliphatic heterocycles. The van der Waals surface area contributed by atoms with Gasteiger partial charge in [-0.3, -0.25) is 19.2 Å². The number of imide groups is 3. The lowest BCUT2D eigenvalue weighted by atomic mass is 9.46. The number of fused-ring (bicyclic) bond motifs is 4. The summed E-state index contributed by atoms with van der Waals surface area (Å²) in [5.41, 5.74) is 0.867. The molecule has 39 heavy (non-hydrogen) atoms. The van der Waals surface area contributed by atoms with E-state index in [0.29, 0.717) is 21.6 Å². The van der Waals surface area contributed by atoms with Crippen molar-refractivity contribution >= 4 is 29.5 Å². The van der Waals surface area contributed by atoms with E-state index in [9.17, 15) is 29.1 Å². The molecule has 0 spiro atoms. The fourth-order valence-electron chi connectivity index (χ4n) is 7.31. The van der Waals surface area contributed by atoms with E-state index in [0.717, 1.165) is 12.7 Å². The molecule has 1 saturated heterocycles. The van der Waals surface area contributed by atoms with Crippen LogP contribution in [-0.2, 0) is 23.9 Å². The van der Waals surface area contributed by atoms with E-state index in [1.54, 1.807) is 32.9 Å². The number of methoxy groups -OCH3 is 3. The largest absolute Gasteiger partial charge is 0.502 e. The second-order valence-corrected chi connectivity index (χ2v) is 10.9. The molecule has 3 aliphatic carbocycles. The molecule has 10 nitrogen and oxygen atoms in total. The zero-order valence-corrected chi connectivity index (χ0v) is 22.7. The molecule has 1 saturated carbocycles. The van der Waals surface area contributed by atoms with Crippen molar-refractivity contribution in [3.05, 3.63) is 40.5 Å². The van der Waals surface area contributed by atoms with Crippen LogP contribution in [0.4, 0.5) is 4.79 Å². The highest BCUT2D eigenvalue weighted by atomic mass is 16.5. The summed E-state index contributed by atoms with van der Waals surface area (Å²) in [5, 5.41) is 10.6. The number of aromatic hydroxyl groups is 1. The maximum Gasteiger partial charge on any atom is 0.423 e. The molecule has 0 aromatic heterocycles. The van der Waals surface area contributed by atoms with Gasteiger partial charge in [-0.2, -0.15) is 4.90 Å². The molecule has 1 aromatic rings. The zero-order chi connectivity index (χ0) is 28.5. The van der Waals surface area contributed by atoms with Crippen molar-refractivity contribution in [1.82, 2.24) is 4.90 Å². The minimum Gasteiger partial charge on any atom is -0.502 e. The first-order chi connectivity index (χ1) is 18.4. The lowest BCUT2D eigenvalue weighted by molar-refractivity contribution is -0.142. The average molecular weight is 538 g/mol. The molecule has 10 heteroatoms. The first-order valence-electron chi connectivity index (χ1n) is 12.8. The molecule has 0 bridgehead atoms. The second-order valence-electron chi connectivity index (χ2n) is 10.9. The van der Waals surface area contributed by atoms with Crippen LogP contribution >= 0.6 is 0 Å². The Morgan fingerprint density at radius 1 is 0.974 bits per heavy atom. The quantitative estimate of drug-likeness (QED) is 0.455. The van der Waals surface area contributed by atoms with E-state index in [-0.39, 0.29) is 41.7 Å². The van der Waals surface area contributed by atoms with Crippen LogP contribution in [0.15, 0.2) is 34.9 Å². The summed E-state index contributed by atoms with van der Waals surface area (Å²) in [6, 6.07) is 3.22. The molecule has 0 unspecified atom stereocenters. The number of likely N-dealkylation sites (tertiary alicyclic amines) is 1. The normalized spacial score (nSPS) is 31.9. The van der Waals surface area contributed by atoms with Crippen LogP contribution in [0.25, 0.3) is 0 Å². The van der Waals surface area contributed by atoms with Gasteiger partial charge in [-0.15, -0.1) is 0 Å². The number of benzene rings is 1. The Hall–Kier alpha value is -3.95. The van der Waals surface area contributed by atoms with Crippen LogP contribution in [0.2, 0.25) is 0 Å². The Labute approximate surface area is 225 Å². The minimum absolute atomic E-state index is 0.128. The summed E-state index contributed by atoms with van der Waals surface area (Å²) in [6.07, 6.45) is 1.20. The van der Waals surface area contributed by atoms with E-state index in [1.807, 2.05) is 6.08 Å². The number of amides is 3. The first-order valence-corrected chi connectivity index (χ1v) is 12.8. The summed E-state index contributed by atoms with van der Waals surface area (Å²) in [7, 11) is 3.89. The number of phenolic OH excluding ortho intramolecular Hbond substituents is 1. The highest BCUT2D eigenvalue weighted by molar-refractivity contribution is 6.17. The van der Waals surface area contributed by atoms with Gasteiger partial charge < -0.3 is 19.3 Å². The second kappa shape index (κ2) is 9.07. The molecule has 4 aliphatic rings. The molecule has 1 heterocycles. The number of carbonyl (C=O) groups is 5. The molecule has 1 N–H and O–H groups in total. The third kappa shape index (κ3) is 3.43. The van der Waals surface area contributed by atoms with E-state index in [4.69, 9.17) is 14.2 Å². The van der Waals surface area contributed by atoms with Crippen LogP contribution in [0.3, 0.4) is 0 Å². The number of hydrogen-bond donors (Lipinski definition) is 1. The summed E-state index contributed by atoms with van der Waals surface area (Å²) in [6.45, 7) is 5.06. The summed E-state index contributed by atoms with van der Waals surface area (Å²) in [4.78, 5) is 67.4. The van der Waals surface area contributed by atoms with Crippen molar-refractivity contribution in [2.24, 2.45) is 29.1 Å². The molecule has 1 aromatic carbocycles. The summed E-state index contributed by atoms with van der Waals surface area (Å²) >= 11 is 0. The lowest BCUT2D eigenvalue weighted by Crippen LogP contribution is -2.55. The van der Waals surface area contributed by atoms with Crippen LogP contribution in [0.5, 0.6) is 17.2 Å². The van der Waals surface area contributed by atoms with Gasteiger partial charge >= 0.3 is 6.09 Å². The number of Topliss-reactive ketones (excluding diaryl/α,β-unsaturated/α-hetero) is 2. The fourth-order valence-corrected chi connectivity index (χ4v) is 7.31. The molecule has 0 radical (unpaired) electrons. The number of nitrogens with zero attached hydrogens (tertiary/aromatic N) is 1. The van der Waals surface area contributed by atoms with Crippen molar-refractivity contribution < 1.29 is 43.3 Å². The van der Waals surface area contributed by atoms with Crippen LogP contribution < -0.4 is 9.47 Å². The number of ether oxygens (including phenoxy) is 3. The van der Waals surface area contributed by atoms with Crippen LogP contribution in [0, 0.1) is 29.1 Å². The smallest absolute Gasteiger partial charge is 0.423 e. The Kier molecular flexibility index (Phi) is 6.19. The van der Waals surface area contributed by atoms with Crippen molar-refractivity contribution in [2.75, 3.05) is 21.3 Å². The van der Waals surface area contributed by atoms with Gasteiger partial charge in [-0.1, -0.05) is 18.6 Å². The fraction of sp³-hybridized carbons (Fsp3) is 0.483. The highest BCUT2D eigenvalue weighted by Crippen LogP contribution is 2.63. The molecular formula is C29H31NO9. The molecule has 3 amide bonds. The SMILES string of the molecule is COC(=O)N1C(=O)[C@H]2[C@H](CC=C3[C@H]2C[C@H]2C(=O)C(C)=C(C)C(=O)[C@@]2(C)[C@H]3c2cc(OC)c(O)c(OC)c2)C1=O. The van der Waals surface area contributed by atoms with Gasteiger partial charge in [0.05, 0.1) is 38.6 Å². The average Bonchev–Trinajstić information content (AvgIpc) is 3.19. The number of allylic oxidation sites excluding steroid dienone is 4. The van der Waals surface area contributed by atoms with E-state index < -0.39 is 52.9 Å². The van der Waals surface area contributed by atoms with Gasteiger partial charge in [0, 0.05) is 11.8 Å². The van der Waals surface area contributed by atoms with Gasteiger partial charge in [-0.05, 0) is 61.4 Å².